The summed E-state index contributed by atoms with van der Waals surface area (Å²) >= 11 is 0. The van der Waals surface area contributed by atoms with Crippen LogP contribution in [0.2, 0.25) is 0 Å². The summed E-state index contributed by atoms with van der Waals surface area (Å²) in [5.74, 6) is -0.726. The maximum absolute atomic E-state index is 12.2. The summed E-state index contributed by atoms with van der Waals surface area (Å²) < 4.78 is 10.0. The zero-order valence-corrected chi connectivity index (χ0v) is 11.1. The Balaban J connectivity index is 2.51. The molecule has 6 nitrogen and oxygen atoms in total. The molecule has 0 aliphatic carbocycles. The smallest absolute Gasteiger partial charge is 0.339 e. The number of hydrogen-bond donors (Lipinski definition) is 1. The van der Waals surface area contributed by atoms with Gasteiger partial charge < -0.3 is 14.1 Å². The van der Waals surface area contributed by atoms with E-state index in [4.69, 9.17) is 9.15 Å². The summed E-state index contributed by atoms with van der Waals surface area (Å²) in [7, 11) is 0. The molecule has 0 saturated carbocycles. The summed E-state index contributed by atoms with van der Waals surface area (Å²) in [5.41, 5.74) is -0.684. The van der Waals surface area contributed by atoms with Crippen LogP contribution in [0.4, 0.5) is 0 Å². The lowest BCUT2D eigenvalue weighted by Gasteiger charge is -2.06. The molecule has 1 N–H and O–H groups in total. The van der Waals surface area contributed by atoms with Gasteiger partial charge in [0.05, 0.1) is 23.1 Å². The first-order chi connectivity index (χ1) is 10.1. The summed E-state index contributed by atoms with van der Waals surface area (Å²) in [6.45, 7) is 1.79. The number of H-pyrrole nitrogens is 1. The average Bonchev–Trinajstić information content (AvgIpc) is 2.46. The van der Waals surface area contributed by atoms with Crippen molar-refractivity contribution < 1.29 is 13.9 Å². The second-order valence-electron chi connectivity index (χ2n) is 4.40. The van der Waals surface area contributed by atoms with Crippen LogP contribution < -0.4 is 11.2 Å². The maximum Gasteiger partial charge on any atom is 0.339 e. The Labute approximate surface area is 118 Å². The van der Waals surface area contributed by atoms with Gasteiger partial charge >= 0.3 is 11.6 Å². The highest BCUT2D eigenvalue weighted by Gasteiger charge is 2.19. The molecule has 21 heavy (non-hydrogen) atoms. The zero-order valence-electron chi connectivity index (χ0n) is 11.1. The number of carbonyl (C=O) groups excluding carboxylic acids is 1. The van der Waals surface area contributed by atoms with E-state index >= 15 is 0 Å². The van der Waals surface area contributed by atoms with Gasteiger partial charge in [-0.25, -0.2) is 9.59 Å². The molecule has 3 rings (SSSR count). The highest BCUT2D eigenvalue weighted by molar-refractivity contribution is 6.09. The van der Waals surface area contributed by atoms with E-state index in [1.54, 1.807) is 31.2 Å². The standard InChI is InChI=1S/C15H11NO5/c1-2-20-15(19)9-7-11(17)21-13-8-5-3-4-6-10(8)16-14(18)12(9)13/h3-7H,2H2,1H3,(H,16,18). The van der Waals surface area contributed by atoms with Gasteiger partial charge in [-0.05, 0) is 19.1 Å². The van der Waals surface area contributed by atoms with E-state index in [1.807, 2.05) is 0 Å². The van der Waals surface area contributed by atoms with E-state index in [-0.39, 0.29) is 23.1 Å². The second-order valence-corrected chi connectivity index (χ2v) is 4.40. The first kappa shape index (κ1) is 13.1. The van der Waals surface area contributed by atoms with Crippen LogP contribution in [-0.4, -0.2) is 17.6 Å². The molecule has 3 aromatic rings. The van der Waals surface area contributed by atoms with Gasteiger partial charge in [0, 0.05) is 11.5 Å². The molecule has 2 aromatic heterocycles. The predicted molar refractivity (Wildman–Crippen MR) is 76.6 cm³/mol. The van der Waals surface area contributed by atoms with Crippen molar-refractivity contribution in [3.8, 4) is 0 Å². The lowest BCUT2D eigenvalue weighted by atomic mass is 10.1. The van der Waals surface area contributed by atoms with Crippen molar-refractivity contribution in [3.05, 3.63) is 56.7 Å². The Morgan fingerprint density at radius 2 is 2.05 bits per heavy atom. The second kappa shape index (κ2) is 4.90. The number of aromatic nitrogens is 1. The number of esters is 1. The molecule has 0 atom stereocenters. The SMILES string of the molecule is CCOC(=O)c1cc(=O)oc2c1c(=O)[nH]c1ccccc12. The minimum absolute atomic E-state index is 0.0201. The maximum atomic E-state index is 12.2. The number of benzene rings is 1. The molecular formula is C15H11NO5. The van der Waals surface area contributed by atoms with E-state index in [1.165, 1.54) is 0 Å². The van der Waals surface area contributed by atoms with Crippen molar-refractivity contribution in [3.63, 3.8) is 0 Å². The Kier molecular flexibility index (Phi) is 3.06. The van der Waals surface area contributed by atoms with Crippen molar-refractivity contribution in [2.24, 2.45) is 0 Å². The van der Waals surface area contributed by atoms with Crippen LogP contribution in [-0.2, 0) is 4.74 Å². The molecular weight excluding hydrogens is 274 g/mol. The molecule has 0 saturated heterocycles. The number of pyridine rings is 1. The number of fused-ring (bicyclic) bond motifs is 3. The van der Waals surface area contributed by atoms with E-state index < -0.39 is 17.2 Å². The van der Waals surface area contributed by atoms with E-state index in [0.717, 1.165) is 6.07 Å². The summed E-state index contributed by atoms with van der Waals surface area (Å²) in [6.07, 6.45) is 0. The van der Waals surface area contributed by atoms with Gasteiger partial charge in [0.1, 0.15) is 0 Å². The largest absolute Gasteiger partial charge is 0.462 e. The highest BCUT2D eigenvalue weighted by atomic mass is 16.5. The Morgan fingerprint density at radius 3 is 2.81 bits per heavy atom. The van der Waals surface area contributed by atoms with E-state index in [0.29, 0.717) is 10.9 Å². The molecule has 1 aromatic carbocycles. The Hall–Kier alpha value is -2.89. The van der Waals surface area contributed by atoms with Crippen LogP contribution in [0.25, 0.3) is 21.9 Å². The van der Waals surface area contributed by atoms with Crippen molar-refractivity contribution in [2.75, 3.05) is 6.61 Å². The fourth-order valence-corrected chi connectivity index (χ4v) is 2.25. The Bertz CT molecular complexity index is 967. The van der Waals surface area contributed by atoms with E-state index in [2.05, 4.69) is 4.98 Å². The van der Waals surface area contributed by atoms with Crippen LogP contribution in [0.5, 0.6) is 0 Å². The number of ether oxygens (including phenoxy) is 1. The lowest BCUT2D eigenvalue weighted by molar-refractivity contribution is 0.0528. The summed E-state index contributed by atoms with van der Waals surface area (Å²) in [5, 5.41) is 0.571. The number of para-hydroxylation sites is 1. The van der Waals surface area contributed by atoms with Gasteiger partial charge in [0.25, 0.3) is 5.56 Å². The molecule has 0 aliphatic heterocycles. The third-order valence-corrected chi connectivity index (χ3v) is 3.10. The van der Waals surface area contributed by atoms with Gasteiger partial charge in [0.15, 0.2) is 5.58 Å². The minimum atomic E-state index is -0.726. The first-order valence-corrected chi connectivity index (χ1v) is 6.38. The van der Waals surface area contributed by atoms with Crippen molar-refractivity contribution >= 4 is 27.8 Å². The molecule has 0 aliphatic rings. The highest BCUT2D eigenvalue weighted by Crippen LogP contribution is 2.22. The van der Waals surface area contributed by atoms with Crippen molar-refractivity contribution in [1.29, 1.82) is 0 Å². The zero-order chi connectivity index (χ0) is 15.0. The quantitative estimate of drug-likeness (QED) is 0.573. The van der Waals surface area contributed by atoms with Gasteiger partial charge in [0.2, 0.25) is 0 Å². The van der Waals surface area contributed by atoms with Crippen LogP contribution in [0.15, 0.2) is 44.3 Å². The summed E-state index contributed by atoms with van der Waals surface area (Å²) in [6, 6.07) is 7.86. The van der Waals surface area contributed by atoms with Gasteiger partial charge in [-0.2, -0.15) is 0 Å². The van der Waals surface area contributed by atoms with Crippen LogP contribution in [0.3, 0.4) is 0 Å². The normalized spacial score (nSPS) is 10.9. The molecule has 0 amide bonds. The molecule has 106 valence electrons. The van der Waals surface area contributed by atoms with Crippen molar-refractivity contribution in [2.45, 2.75) is 6.92 Å². The van der Waals surface area contributed by atoms with Crippen molar-refractivity contribution in [1.82, 2.24) is 4.98 Å². The number of carbonyl (C=O) groups is 1. The fraction of sp³-hybridized carbons (Fsp3) is 0.133. The molecule has 0 bridgehead atoms. The Morgan fingerprint density at radius 1 is 1.29 bits per heavy atom. The number of hydrogen-bond acceptors (Lipinski definition) is 5. The lowest BCUT2D eigenvalue weighted by Crippen LogP contribution is -2.16. The topological polar surface area (TPSA) is 89.4 Å². The van der Waals surface area contributed by atoms with Crippen LogP contribution >= 0.6 is 0 Å². The molecule has 0 fully saturated rings. The molecule has 2 heterocycles. The third kappa shape index (κ3) is 2.10. The van der Waals surface area contributed by atoms with Gasteiger partial charge in [-0.15, -0.1) is 0 Å². The van der Waals surface area contributed by atoms with E-state index in [9.17, 15) is 14.4 Å². The fourth-order valence-electron chi connectivity index (χ4n) is 2.25. The minimum Gasteiger partial charge on any atom is -0.462 e. The number of nitrogens with one attached hydrogen (secondary N) is 1. The summed E-state index contributed by atoms with van der Waals surface area (Å²) in [4.78, 5) is 38.5. The molecule has 0 unspecified atom stereocenters. The monoisotopic (exact) mass is 285 g/mol. The predicted octanol–water partition coefficient (Wildman–Crippen LogP) is 1.81. The van der Waals surface area contributed by atoms with Gasteiger partial charge in [-0.3, -0.25) is 4.79 Å². The molecule has 0 radical (unpaired) electrons. The third-order valence-electron chi connectivity index (χ3n) is 3.10. The van der Waals surface area contributed by atoms with Crippen LogP contribution in [0.1, 0.15) is 17.3 Å². The molecule has 6 heteroatoms. The van der Waals surface area contributed by atoms with Gasteiger partial charge in [-0.1, -0.05) is 12.1 Å². The molecule has 0 spiro atoms. The average molecular weight is 285 g/mol. The number of aromatic amines is 1. The van der Waals surface area contributed by atoms with Crippen LogP contribution in [0, 0.1) is 0 Å². The first-order valence-electron chi connectivity index (χ1n) is 6.38. The number of rotatable bonds is 2.